The molecular weight excluding hydrogens is 344 g/mol. The first-order valence-electron chi connectivity index (χ1n) is 9.14. The van der Waals surface area contributed by atoms with Gasteiger partial charge in [-0.25, -0.2) is 9.97 Å². The van der Waals surface area contributed by atoms with Crippen LogP contribution in [0.5, 0.6) is 0 Å². The van der Waals surface area contributed by atoms with E-state index in [0.717, 1.165) is 18.8 Å². The van der Waals surface area contributed by atoms with E-state index in [1.807, 2.05) is 32.6 Å². The molecule has 1 aliphatic rings. The maximum atomic E-state index is 12.2. The van der Waals surface area contributed by atoms with Gasteiger partial charge in [-0.3, -0.25) is 9.36 Å². The van der Waals surface area contributed by atoms with E-state index in [1.54, 1.807) is 16.8 Å². The van der Waals surface area contributed by atoms with Gasteiger partial charge in [0.2, 0.25) is 0 Å². The van der Waals surface area contributed by atoms with E-state index in [1.165, 1.54) is 0 Å². The Bertz CT molecular complexity index is 968. The molecule has 0 spiro atoms. The van der Waals surface area contributed by atoms with Gasteiger partial charge in [-0.05, 0) is 33.3 Å². The third-order valence-corrected chi connectivity index (χ3v) is 5.16. The summed E-state index contributed by atoms with van der Waals surface area (Å²) in [6, 6.07) is 0. The van der Waals surface area contributed by atoms with E-state index in [4.69, 9.17) is 11.5 Å². The molecule has 5 N–H and O–H groups in total. The summed E-state index contributed by atoms with van der Waals surface area (Å²) in [4.78, 5) is 23.4. The average molecular weight is 370 g/mol. The van der Waals surface area contributed by atoms with Crippen molar-refractivity contribution in [1.82, 2.24) is 14.5 Å². The Morgan fingerprint density at radius 3 is 2.67 bits per heavy atom. The molecule has 27 heavy (non-hydrogen) atoms. The monoisotopic (exact) mass is 370 g/mol. The van der Waals surface area contributed by atoms with Gasteiger partial charge in [0.05, 0.1) is 6.20 Å². The molecule has 8 heteroatoms. The molecule has 1 atom stereocenters. The number of hydrogen-bond donors (Lipinski definition) is 3. The molecule has 3 rings (SSSR count). The third-order valence-electron chi connectivity index (χ3n) is 5.16. The fourth-order valence-electron chi connectivity index (χ4n) is 3.68. The van der Waals surface area contributed by atoms with Crippen molar-refractivity contribution in [2.24, 2.45) is 11.7 Å². The predicted octanol–water partition coefficient (Wildman–Crippen LogP) is 2.67. The van der Waals surface area contributed by atoms with Gasteiger partial charge >= 0.3 is 0 Å². The smallest absolute Gasteiger partial charge is 0.254 e. The second kappa shape index (κ2) is 6.94. The van der Waals surface area contributed by atoms with Gasteiger partial charge in [-0.15, -0.1) is 0 Å². The van der Waals surface area contributed by atoms with Gasteiger partial charge in [0.25, 0.3) is 5.91 Å². The van der Waals surface area contributed by atoms with Gasteiger partial charge in [0.15, 0.2) is 5.65 Å². The minimum absolute atomic E-state index is 0.0868. The summed E-state index contributed by atoms with van der Waals surface area (Å²) < 4.78 is 1.71. The largest absolute Gasteiger partial charge is 0.508 e. The van der Waals surface area contributed by atoms with Crippen molar-refractivity contribution in [3.8, 4) is 0 Å². The van der Waals surface area contributed by atoms with E-state index < -0.39 is 5.91 Å². The number of nitrogen functional groups attached to an aromatic ring is 1. The molecule has 2 aromatic heterocycles. The number of aliphatic hydroxyl groups is 1. The van der Waals surface area contributed by atoms with Crippen LogP contribution in [0.25, 0.3) is 16.9 Å². The molecule has 0 fully saturated rings. The standard InChI is InChI=1S/C19H26N6O2/c1-5-24(6-2)13-9-22-19-15(23-13)14(18(21)27)17(20)25(19)16-10(3)7-8-12(26)11(16)4/h8-10,26H,5-7,20H2,1-4H3,(H2,21,27). The first-order chi connectivity index (χ1) is 12.8. The topological polar surface area (TPSA) is 123 Å². The van der Waals surface area contributed by atoms with Crippen molar-refractivity contribution in [3.05, 3.63) is 29.2 Å². The highest BCUT2D eigenvalue weighted by molar-refractivity contribution is 6.10. The lowest BCUT2D eigenvalue weighted by molar-refractivity contribution is 0.100. The number of amides is 1. The van der Waals surface area contributed by atoms with Crippen molar-refractivity contribution in [2.45, 2.75) is 34.1 Å². The highest BCUT2D eigenvalue weighted by Gasteiger charge is 2.29. The molecule has 0 bridgehead atoms. The SMILES string of the molecule is CCN(CC)c1cnc2c(n1)c(C(N)=O)c(N)n2C1=C(C)C(O)=CCC1C. The number of carbonyl (C=O) groups is 1. The fraction of sp³-hybridized carbons (Fsp3) is 0.421. The maximum absolute atomic E-state index is 12.2. The van der Waals surface area contributed by atoms with Crippen LogP contribution < -0.4 is 16.4 Å². The summed E-state index contributed by atoms with van der Waals surface area (Å²) in [6.45, 7) is 9.43. The first-order valence-corrected chi connectivity index (χ1v) is 9.14. The van der Waals surface area contributed by atoms with Crippen LogP contribution in [-0.4, -0.2) is 38.6 Å². The van der Waals surface area contributed by atoms with Gasteiger partial charge < -0.3 is 21.5 Å². The number of rotatable bonds is 5. The quantitative estimate of drug-likeness (QED) is 0.743. The molecule has 1 amide bonds. The molecule has 1 unspecified atom stereocenters. The lowest BCUT2D eigenvalue weighted by atomic mass is 9.93. The molecule has 0 saturated heterocycles. The van der Waals surface area contributed by atoms with Crippen LogP contribution in [0.1, 0.15) is 44.5 Å². The summed E-state index contributed by atoms with van der Waals surface area (Å²) in [7, 11) is 0. The van der Waals surface area contributed by atoms with E-state index in [2.05, 4.69) is 9.97 Å². The maximum Gasteiger partial charge on any atom is 0.254 e. The molecular formula is C19H26N6O2. The Hall–Kier alpha value is -3.03. The van der Waals surface area contributed by atoms with E-state index in [0.29, 0.717) is 29.0 Å². The molecule has 144 valence electrons. The average Bonchev–Trinajstić information content (AvgIpc) is 2.91. The second-order valence-electron chi connectivity index (χ2n) is 6.77. The van der Waals surface area contributed by atoms with E-state index in [9.17, 15) is 9.90 Å². The molecule has 0 aliphatic heterocycles. The highest BCUT2D eigenvalue weighted by Crippen LogP contribution is 2.38. The molecule has 1 aliphatic carbocycles. The summed E-state index contributed by atoms with van der Waals surface area (Å²) >= 11 is 0. The first kappa shape index (κ1) is 18.8. The number of aromatic nitrogens is 3. The number of anilines is 2. The molecule has 0 radical (unpaired) electrons. The van der Waals surface area contributed by atoms with Crippen LogP contribution in [-0.2, 0) is 0 Å². The van der Waals surface area contributed by atoms with Crippen LogP contribution in [0.3, 0.4) is 0 Å². The zero-order valence-corrected chi connectivity index (χ0v) is 16.2. The van der Waals surface area contributed by atoms with Gasteiger partial charge in [0.1, 0.15) is 28.5 Å². The molecule has 0 saturated carbocycles. The minimum atomic E-state index is -0.649. The summed E-state index contributed by atoms with van der Waals surface area (Å²) in [5.41, 5.74) is 14.5. The Morgan fingerprint density at radius 1 is 1.41 bits per heavy atom. The van der Waals surface area contributed by atoms with Crippen molar-refractivity contribution >= 4 is 34.4 Å². The van der Waals surface area contributed by atoms with Crippen molar-refractivity contribution in [3.63, 3.8) is 0 Å². The van der Waals surface area contributed by atoms with E-state index in [-0.39, 0.29) is 23.1 Å². The fourth-order valence-corrected chi connectivity index (χ4v) is 3.68. The van der Waals surface area contributed by atoms with Crippen LogP contribution in [0.15, 0.2) is 23.6 Å². The second-order valence-corrected chi connectivity index (χ2v) is 6.77. The number of carbonyl (C=O) groups excluding carboxylic acids is 1. The Balaban J connectivity index is 2.35. The van der Waals surface area contributed by atoms with Crippen molar-refractivity contribution in [2.75, 3.05) is 23.7 Å². The number of fused-ring (bicyclic) bond motifs is 1. The number of hydrogen-bond acceptors (Lipinski definition) is 6. The summed E-state index contributed by atoms with van der Waals surface area (Å²) in [6.07, 6.45) is 4.12. The number of nitrogens with zero attached hydrogens (tertiary/aromatic N) is 4. The normalized spacial score (nSPS) is 17.3. The summed E-state index contributed by atoms with van der Waals surface area (Å²) in [5.74, 6) is 0.507. The van der Waals surface area contributed by atoms with Gasteiger partial charge in [0, 0.05) is 30.3 Å². The van der Waals surface area contributed by atoms with Crippen molar-refractivity contribution in [1.29, 1.82) is 0 Å². The third kappa shape index (κ3) is 2.90. The lowest BCUT2D eigenvalue weighted by Gasteiger charge is -2.25. The van der Waals surface area contributed by atoms with Crippen LogP contribution in [0.4, 0.5) is 11.6 Å². The number of aliphatic hydroxyl groups excluding tert-OH is 1. The molecule has 0 aromatic carbocycles. The van der Waals surface area contributed by atoms with Gasteiger partial charge in [-0.2, -0.15) is 0 Å². The van der Waals surface area contributed by atoms with Gasteiger partial charge in [-0.1, -0.05) is 6.92 Å². The minimum Gasteiger partial charge on any atom is -0.508 e. The Labute approximate surface area is 158 Å². The van der Waals surface area contributed by atoms with Crippen molar-refractivity contribution < 1.29 is 9.90 Å². The lowest BCUT2D eigenvalue weighted by Crippen LogP contribution is -2.23. The van der Waals surface area contributed by atoms with E-state index >= 15 is 0 Å². The highest BCUT2D eigenvalue weighted by atomic mass is 16.3. The Kier molecular flexibility index (Phi) is 4.82. The number of primary amides is 1. The van der Waals surface area contributed by atoms with Crippen LogP contribution in [0.2, 0.25) is 0 Å². The molecule has 8 nitrogen and oxygen atoms in total. The number of allylic oxidation sites excluding steroid dienone is 3. The van der Waals surface area contributed by atoms with Crippen LogP contribution >= 0.6 is 0 Å². The predicted molar refractivity (Wildman–Crippen MR) is 107 cm³/mol. The Morgan fingerprint density at radius 2 is 2.07 bits per heavy atom. The van der Waals surface area contributed by atoms with Crippen LogP contribution in [0, 0.1) is 5.92 Å². The number of nitrogens with two attached hydrogens (primary N) is 2. The molecule has 2 aromatic rings. The molecule has 2 heterocycles. The zero-order valence-electron chi connectivity index (χ0n) is 16.2. The summed E-state index contributed by atoms with van der Waals surface area (Å²) in [5, 5.41) is 10.2. The zero-order chi connectivity index (χ0) is 19.9.